The molecule has 2 N–H and O–H groups in total. The summed E-state index contributed by atoms with van der Waals surface area (Å²) in [5.74, 6) is 0. The molecule has 0 aliphatic carbocycles. The molecule has 0 aliphatic heterocycles. The minimum atomic E-state index is 0.0655. The second-order valence-electron chi connectivity index (χ2n) is 5.40. The third-order valence-electron chi connectivity index (χ3n) is 3.80. The van der Waals surface area contributed by atoms with Crippen molar-refractivity contribution in [3.8, 4) is 0 Å². The molecule has 21 heavy (non-hydrogen) atoms. The van der Waals surface area contributed by atoms with Gasteiger partial charge in [0.15, 0.2) is 0 Å². The molecule has 0 radical (unpaired) electrons. The minimum Gasteiger partial charge on any atom is -0.327 e. The lowest BCUT2D eigenvalue weighted by Crippen LogP contribution is -2.25. The lowest BCUT2D eigenvalue weighted by atomic mass is 9.96. The predicted octanol–water partition coefficient (Wildman–Crippen LogP) is 4.61. The van der Waals surface area contributed by atoms with Crippen molar-refractivity contribution in [2.24, 2.45) is 5.73 Å². The van der Waals surface area contributed by atoms with Gasteiger partial charge in [-0.3, -0.25) is 0 Å². The first kappa shape index (κ1) is 14.1. The molecule has 1 unspecified atom stereocenters. The molecule has 0 aromatic heterocycles. The van der Waals surface area contributed by atoms with Crippen LogP contribution in [0.25, 0.3) is 10.8 Å². The highest BCUT2D eigenvalue weighted by atomic mass is 35.5. The topological polar surface area (TPSA) is 26.0 Å². The minimum absolute atomic E-state index is 0.0655. The van der Waals surface area contributed by atoms with Gasteiger partial charge in [0.2, 0.25) is 0 Å². The molecule has 0 aliphatic rings. The van der Waals surface area contributed by atoms with Crippen molar-refractivity contribution in [1.29, 1.82) is 0 Å². The zero-order valence-corrected chi connectivity index (χ0v) is 12.6. The molecule has 3 aromatic carbocycles. The van der Waals surface area contributed by atoms with Gasteiger partial charge in [0, 0.05) is 11.1 Å². The average molecular weight is 296 g/mol. The molecule has 106 valence electrons. The monoisotopic (exact) mass is 295 g/mol. The summed E-state index contributed by atoms with van der Waals surface area (Å²) in [5, 5.41) is 3.35. The van der Waals surface area contributed by atoms with Crippen molar-refractivity contribution in [2.45, 2.75) is 18.9 Å². The van der Waals surface area contributed by atoms with Crippen LogP contribution in [0, 0.1) is 0 Å². The third-order valence-corrected chi connectivity index (χ3v) is 4.17. The molecule has 3 rings (SSSR count). The maximum absolute atomic E-state index is 6.34. The second kappa shape index (κ2) is 6.30. The van der Waals surface area contributed by atoms with Crippen LogP contribution in [-0.2, 0) is 12.8 Å². The molecule has 0 amide bonds. The largest absolute Gasteiger partial charge is 0.327 e. The Bertz CT molecular complexity index is 746. The van der Waals surface area contributed by atoms with Gasteiger partial charge in [-0.15, -0.1) is 0 Å². The van der Waals surface area contributed by atoms with Crippen LogP contribution in [0.1, 0.15) is 11.1 Å². The zero-order chi connectivity index (χ0) is 14.7. The van der Waals surface area contributed by atoms with Crippen LogP contribution < -0.4 is 5.73 Å². The maximum Gasteiger partial charge on any atom is 0.0438 e. The van der Waals surface area contributed by atoms with Crippen LogP contribution in [0.3, 0.4) is 0 Å². The van der Waals surface area contributed by atoms with Crippen molar-refractivity contribution in [2.75, 3.05) is 0 Å². The van der Waals surface area contributed by atoms with Gasteiger partial charge in [0.05, 0.1) is 0 Å². The molecule has 3 aromatic rings. The highest BCUT2D eigenvalue weighted by Gasteiger charge is 2.09. The number of benzene rings is 3. The predicted molar refractivity (Wildman–Crippen MR) is 90.8 cm³/mol. The van der Waals surface area contributed by atoms with Gasteiger partial charge < -0.3 is 5.73 Å². The van der Waals surface area contributed by atoms with E-state index in [2.05, 4.69) is 42.5 Å². The van der Waals surface area contributed by atoms with Gasteiger partial charge in [0.25, 0.3) is 0 Å². The summed E-state index contributed by atoms with van der Waals surface area (Å²) < 4.78 is 0. The Morgan fingerprint density at radius 3 is 2.24 bits per heavy atom. The first-order valence-corrected chi connectivity index (χ1v) is 7.57. The lowest BCUT2D eigenvalue weighted by molar-refractivity contribution is 0.667. The molecule has 1 nitrogen and oxygen atoms in total. The number of hydrogen-bond acceptors (Lipinski definition) is 1. The van der Waals surface area contributed by atoms with Crippen LogP contribution in [0.2, 0.25) is 5.02 Å². The van der Waals surface area contributed by atoms with E-state index >= 15 is 0 Å². The molecule has 2 heteroatoms. The number of halogens is 1. The van der Waals surface area contributed by atoms with Crippen LogP contribution in [-0.4, -0.2) is 6.04 Å². The molecular weight excluding hydrogens is 278 g/mol. The van der Waals surface area contributed by atoms with Gasteiger partial charge >= 0.3 is 0 Å². The van der Waals surface area contributed by atoms with E-state index < -0.39 is 0 Å². The second-order valence-corrected chi connectivity index (χ2v) is 5.81. The summed E-state index contributed by atoms with van der Waals surface area (Å²) in [6, 6.07) is 22.8. The Kier molecular flexibility index (Phi) is 4.23. The van der Waals surface area contributed by atoms with E-state index in [0.29, 0.717) is 0 Å². The summed E-state index contributed by atoms with van der Waals surface area (Å²) in [7, 11) is 0. The number of rotatable bonds is 4. The van der Waals surface area contributed by atoms with E-state index in [9.17, 15) is 0 Å². The SMILES string of the molecule is NC(Cc1ccccc1Cl)Cc1cccc2ccccc12. The summed E-state index contributed by atoms with van der Waals surface area (Å²) >= 11 is 6.21. The van der Waals surface area contributed by atoms with Gasteiger partial charge in [-0.2, -0.15) is 0 Å². The Morgan fingerprint density at radius 1 is 0.762 bits per heavy atom. The highest BCUT2D eigenvalue weighted by molar-refractivity contribution is 6.31. The van der Waals surface area contributed by atoms with E-state index in [1.807, 2.05) is 24.3 Å². The van der Waals surface area contributed by atoms with Crippen LogP contribution >= 0.6 is 11.6 Å². The normalized spacial score (nSPS) is 12.5. The van der Waals surface area contributed by atoms with Gasteiger partial charge in [-0.05, 0) is 40.8 Å². The summed E-state index contributed by atoms with van der Waals surface area (Å²) in [6.45, 7) is 0. The summed E-state index contributed by atoms with van der Waals surface area (Å²) in [6.07, 6.45) is 1.65. The molecule has 1 atom stereocenters. The fourth-order valence-corrected chi connectivity index (χ4v) is 2.98. The maximum atomic E-state index is 6.34. The number of hydrogen-bond donors (Lipinski definition) is 1. The molecule has 0 fully saturated rings. The van der Waals surface area contributed by atoms with Gasteiger partial charge in [-0.25, -0.2) is 0 Å². The molecule has 0 saturated heterocycles. The van der Waals surface area contributed by atoms with Gasteiger partial charge in [0.1, 0.15) is 0 Å². The van der Waals surface area contributed by atoms with Gasteiger partial charge in [-0.1, -0.05) is 72.3 Å². The quantitative estimate of drug-likeness (QED) is 0.747. The van der Waals surface area contributed by atoms with Crippen molar-refractivity contribution >= 4 is 22.4 Å². The van der Waals surface area contributed by atoms with Crippen molar-refractivity contribution in [3.05, 3.63) is 82.9 Å². The molecular formula is C19H18ClN. The van der Waals surface area contributed by atoms with E-state index in [-0.39, 0.29) is 6.04 Å². The lowest BCUT2D eigenvalue weighted by Gasteiger charge is -2.14. The van der Waals surface area contributed by atoms with Crippen molar-refractivity contribution in [1.82, 2.24) is 0 Å². The Morgan fingerprint density at radius 2 is 1.38 bits per heavy atom. The summed E-state index contributed by atoms with van der Waals surface area (Å²) in [4.78, 5) is 0. The third kappa shape index (κ3) is 3.26. The smallest absolute Gasteiger partial charge is 0.0438 e. The van der Waals surface area contributed by atoms with E-state index in [1.165, 1.54) is 16.3 Å². The van der Waals surface area contributed by atoms with Crippen LogP contribution in [0.4, 0.5) is 0 Å². The summed E-state index contributed by atoms with van der Waals surface area (Å²) in [5.41, 5.74) is 8.76. The number of fused-ring (bicyclic) bond motifs is 1. The first-order valence-electron chi connectivity index (χ1n) is 7.19. The van der Waals surface area contributed by atoms with Crippen LogP contribution in [0.15, 0.2) is 66.7 Å². The fourth-order valence-electron chi connectivity index (χ4n) is 2.77. The van der Waals surface area contributed by atoms with E-state index in [0.717, 1.165) is 23.4 Å². The van der Waals surface area contributed by atoms with Crippen molar-refractivity contribution in [3.63, 3.8) is 0 Å². The Hall–Kier alpha value is -1.83. The Labute approximate surface area is 130 Å². The standard InChI is InChI=1S/C19H18ClN/c20-19-11-4-2-7-16(19)13-17(21)12-15-9-5-8-14-6-1-3-10-18(14)15/h1-11,17H,12-13,21H2. The number of nitrogens with two attached hydrogens (primary N) is 1. The zero-order valence-electron chi connectivity index (χ0n) is 11.8. The average Bonchev–Trinajstić information content (AvgIpc) is 2.50. The van der Waals surface area contributed by atoms with Crippen molar-refractivity contribution < 1.29 is 0 Å². The molecule has 0 saturated carbocycles. The van der Waals surface area contributed by atoms with E-state index in [1.54, 1.807) is 0 Å². The fraction of sp³-hybridized carbons (Fsp3) is 0.158. The van der Waals surface area contributed by atoms with E-state index in [4.69, 9.17) is 17.3 Å². The molecule has 0 bridgehead atoms. The van der Waals surface area contributed by atoms with Crippen LogP contribution in [0.5, 0.6) is 0 Å². The molecule has 0 spiro atoms. The Balaban J connectivity index is 1.81. The molecule has 0 heterocycles. The highest BCUT2D eigenvalue weighted by Crippen LogP contribution is 2.21. The first-order chi connectivity index (χ1) is 10.2.